The molecule has 0 aliphatic carbocycles. The van der Waals surface area contributed by atoms with Crippen LogP contribution in [0.25, 0.3) is 0 Å². The second-order valence-corrected chi connectivity index (χ2v) is 6.04. The van der Waals surface area contributed by atoms with Gasteiger partial charge in [-0.2, -0.15) is 0 Å². The Morgan fingerprint density at radius 3 is 2.81 bits per heavy atom. The highest BCUT2D eigenvalue weighted by molar-refractivity contribution is 14.1. The van der Waals surface area contributed by atoms with Crippen LogP contribution in [0, 0.1) is 3.57 Å². The molecular formula is C16H15ClINO2. The van der Waals surface area contributed by atoms with Crippen molar-refractivity contribution in [3.8, 4) is 5.75 Å². The highest BCUT2D eigenvalue weighted by Gasteiger charge is 2.10. The Morgan fingerprint density at radius 1 is 1.29 bits per heavy atom. The van der Waals surface area contributed by atoms with Crippen LogP contribution in [0.4, 0.5) is 0 Å². The van der Waals surface area contributed by atoms with Crippen LogP contribution in [-0.4, -0.2) is 19.6 Å². The molecule has 0 bridgehead atoms. The molecule has 0 radical (unpaired) electrons. The second-order valence-electron chi connectivity index (χ2n) is 4.44. The lowest BCUT2D eigenvalue weighted by Gasteiger charge is -2.10. The summed E-state index contributed by atoms with van der Waals surface area (Å²) in [5.74, 6) is 0.723. The molecule has 0 atom stereocenters. The largest absolute Gasteiger partial charge is 0.496 e. The maximum absolute atomic E-state index is 12.2. The first kappa shape index (κ1) is 16.1. The first-order valence-electron chi connectivity index (χ1n) is 6.47. The molecular weight excluding hydrogens is 401 g/mol. The van der Waals surface area contributed by atoms with Crippen LogP contribution in [0.1, 0.15) is 15.9 Å². The van der Waals surface area contributed by atoms with Crippen molar-refractivity contribution in [3.63, 3.8) is 0 Å². The Kier molecular flexibility index (Phi) is 5.87. The van der Waals surface area contributed by atoms with Crippen molar-refractivity contribution in [1.82, 2.24) is 5.32 Å². The van der Waals surface area contributed by atoms with Crippen molar-refractivity contribution in [1.29, 1.82) is 0 Å². The zero-order valence-electron chi connectivity index (χ0n) is 11.5. The minimum atomic E-state index is -0.114. The zero-order valence-corrected chi connectivity index (χ0v) is 14.4. The van der Waals surface area contributed by atoms with E-state index in [9.17, 15) is 4.79 Å². The third-order valence-corrected chi connectivity index (χ3v) is 4.22. The molecule has 1 N–H and O–H groups in total. The molecule has 1 amide bonds. The fourth-order valence-electron chi connectivity index (χ4n) is 1.99. The van der Waals surface area contributed by atoms with E-state index < -0.39 is 0 Å². The number of hydrogen-bond donors (Lipinski definition) is 1. The summed E-state index contributed by atoms with van der Waals surface area (Å²) >= 11 is 8.06. The summed E-state index contributed by atoms with van der Waals surface area (Å²) in [6.45, 7) is 0.543. The van der Waals surface area contributed by atoms with E-state index in [4.69, 9.17) is 16.3 Å². The molecule has 0 saturated heterocycles. The normalized spacial score (nSPS) is 10.2. The minimum Gasteiger partial charge on any atom is -0.496 e. The van der Waals surface area contributed by atoms with Gasteiger partial charge in [-0.15, -0.1) is 0 Å². The van der Waals surface area contributed by atoms with Gasteiger partial charge >= 0.3 is 0 Å². The number of methoxy groups -OCH3 is 1. The lowest BCUT2D eigenvalue weighted by atomic mass is 10.1. The van der Waals surface area contributed by atoms with Crippen LogP contribution in [0.2, 0.25) is 5.02 Å². The summed E-state index contributed by atoms with van der Waals surface area (Å²) in [6, 6.07) is 13.1. The van der Waals surface area contributed by atoms with Crippen LogP contribution < -0.4 is 10.1 Å². The van der Waals surface area contributed by atoms with E-state index in [1.807, 2.05) is 30.3 Å². The smallest absolute Gasteiger partial charge is 0.252 e. The van der Waals surface area contributed by atoms with E-state index in [0.717, 1.165) is 14.9 Å². The lowest BCUT2D eigenvalue weighted by molar-refractivity contribution is 0.0953. The molecule has 110 valence electrons. The molecule has 0 aliphatic heterocycles. The quantitative estimate of drug-likeness (QED) is 0.752. The fourth-order valence-corrected chi connectivity index (χ4v) is 2.74. The Balaban J connectivity index is 1.97. The zero-order chi connectivity index (χ0) is 15.2. The van der Waals surface area contributed by atoms with Crippen LogP contribution in [0.5, 0.6) is 5.75 Å². The van der Waals surface area contributed by atoms with Gasteiger partial charge < -0.3 is 10.1 Å². The van der Waals surface area contributed by atoms with E-state index >= 15 is 0 Å². The molecule has 2 aromatic rings. The standard InChI is InChI=1S/C16H15ClINO2/c1-21-15-5-3-2-4-11(15)8-9-19-16(20)13-10-12(17)6-7-14(13)18/h2-7,10H,8-9H2,1H3,(H,19,20). The number of para-hydroxylation sites is 1. The lowest BCUT2D eigenvalue weighted by Crippen LogP contribution is -2.26. The number of rotatable bonds is 5. The van der Waals surface area contributed by atoms with Crippen LogP contribution >= 0.6 is 34.2 Å². The molecule has 0 heterocycles. The van der Waals surface area contributed by atoms with Gasteiger partial charge in [0.05, 0.1) is 12.7 Å². The number of hydrogen-bond acceptors (Lipinski definition) is 2. The summed E-state index contributed by atoms with van der Waals surface area (Å²) in [6.07, 6.45) is 0.715. The summed E-state index contributed by atoms with van der Waals surface area (Å²) < 4.78 is 6.17. The van der Waals surface area contributed by atoms with Crippen molar-refractivity contribution in [2.75, 3.05) is 13.7 Å². The first-order chi connectivity index (χ1) is 10.1. The molecule has 0 aliphatic rings. The summed E-state index contributed by atoms with van der Waals surface area (Å²) in [4.78, 5) is 12.2. The van der Waals surface area contributed by atoms with Crippen LogP contribution in [-0.2, 0) is 6.42 Å². The van der Waals surface area contributed by atoms with Crippen molar-refractivity contribution in [3.05, 3.63) is 62.2 Å². The molecule has 21 heavy (non-hydrogen) atoms. The maximum Gasteiger partial charge on any atom is 0.252 e. The summed E-state index contributed by atoms with van der Waals surface area (Å²) in [5, 5.41) is 3.47. The van der Waals surface area contributed by atoms with Gasteiger partial charge in [0.2, 0.25) is 0 Å². The van der Waals surface area contributed by atoms with Crippen molar-refractivity contribution in [2.45, 2.75) is 6.42 Å². The molecule has 5 heteroatoms. The number of halogens is 2. The Hall–Kier alpha value is -1.27. The number of amides is 1. The Bertz CT molecular complexity index is 646. The number of benzene rings is 2. The molecule has 0 fully saturated rings. The molecule has 2 aromatic carbocycles. The summed E-state index contributed by atoms with van der Waals surface area (Å²) in [5.41, 5.74) is 1.67. The summed E-state index contributed by atoms with van der Waals surface area (Å²) in [7, 11) is 1.64. The van der Waals surface area contributed by atoms with Crippen molar-refractivity contribution in [2.24, 2.45) is 0 Å². The molecule has 0 unspecified atom stereocenters. The predicted octanol–water partition coefficient (Wildman–Crippen LogP) is 3.93. The van der Waals surface area contributed by atoms with Crippen molar-refractivity contribution < 1.29 is 9.53 Å². The van der Waals surface area contributed by atoms with Gasteiger partial charge in [-0.05, 0) is 58.8 Å². The van der Waals surface area contributed by atoms with E-state index in [2.05, 4.69) is 27.9 Å². The van der Waals surface area contributed by atoms with Gasteiger partial charge in [-0.3, -0.25) is 4.79 Å². The van der Waals surface area contributed by atoms with E-state index in [-0.39, 0.29) is 5.91 Å². The number of carbonyl (C=O) groups excluding carboxylic acids is 1. The third-order valence-electron chi connectivity index (χ3n) is 3.05. The molecule has 0 spiro atoms. The highest BCUT2D eigenvalue weighted by Crippen LogP contribution is 2.19. The average molecular weight is 416 g/mol. The molecule has 0 saturated carbocycles. The SMILES string of the molecule is COc1ccccc1CCNC(=O)c1cc(Cl)ccc1I. The fraction of sp³-hybridized carbons (Fsp3) is 0.188. The van der Waals surface area contributed by atoms with Gasteiger partial charge in [0.15, 0.2) is 0 Å². The third kappa shape index (κ3) is 4.35. The van der Waals surface area contributed by atoms with Crippen LogP contribution in [0.15, 0.2) is 42.5 Å². The van der Waals surface area contributed by atoms with Gasteiger partial charge in [0.1, 0.15) is 5.75 Å². The van der Waals surface area contributed by atoms with E-state index in [1.165, 1.54) is 0 Å². The Labute approximate surface area is 142 Å². The number of nitrogens with one attached hydrogen (secondary N) is 1. The molecule has 0 aromatic heterocycles. The average Bonchev–Trinajstić information content (AvgIpc) is 2.50. The van der Waals surface area contributed by atoms with Gasteiger partial charge in [-0.1, -0.05) is 29.8 Å². The Morgan fingerprint density at radius 2 is 2.05 bits per heavy atom. The first-order valence-corrected chi connectivity index (χ1v) is 7.92. The van der Waals surface area contributed by atoms with Gasteiger partial charge in [-0.25, -0.2) is 0 Å². The van der Waals surface area contributed by atoms with Crippen LogP contribution in [0.3, 0.4) is 0 Å². The number of carbonyl (C=O) groups is 1. The second kappa shape index (κ2) is 7.66. The minimum absolute atomic E-state index is 0.114. The maximum atomic E-state index is 12.2. The number of ether oxygens (including phenoxy) is 1. The highest BCUT2D eigenvalue weighted by atomic mass is 127. The van der Waals surface area contributed by atoms with Crippen molar-refractivity contribution >= 4 is 40.1 Å². The topological polar surface area (TPSA) is 38.3 Å². The predicted molar refractivity (Wildman–Crippen MR) is 93.2 cm³/mol. The molecule has 3 nitrogen and oxygen atoms in total. The van der Waals surface area contributed by atoms with E-state index in [0.29, 0.717) is 23.6 Å². The van der Waals surface area contributed by atoms with Gasteiger partial charge in [0.25, 0.3) is 5.91 Å². The monoisotopic (exact) mass is 415 g/mol. The van der Waals surface area contributed by atoms with Gasteiger partial charge in [0, 0.05) is 15.1 Å². The van der Waals surface area contributed by atoms with E-state index in [1.54, 1.807) is 19.2 Å². The molecule has 2 rings (SSSR count).